The minimum atomic E-state index is 0.0544. The van der Waals surface area contributed by atoms with Gasteiger partial charge in [-0.1, -0.05) is 6.07 Å². The summed E-state index contributed by atoms with van der Waals surface area (Å²) in [6, 6.07) is 5.78. The minimum absolute atomic E-state index is 0.0544. The molecular weight excluding hydrogens is 320 g/mol. The van der Waals surface area contributed by atoms with Crippen molar-refractivity contribution >= 4 is 11.6 Å². The molecule has 1 aliphatic carbocycles. The zero-order chi connectivity index (χ0) is 17.6. The topological polar surface area (TPSA) is 78.6 Å². The maximum atomic E-state index is 12.6. The third kappa shape index (κ3) is 2.61. The fraction of sp³-hybridized carbons (Fsp3) is 0.333. The summed E-state index contributed by atoms with van der Waals surface area (Å²) in [5, 5.41) is 4.24. The van der Waals surface area contributed by atoms with Gasteiger partial charge in [-0.15, -0.1) is 0 Å². The van der Waals surface area contributed by atoms with Crippen LogP contribution in [0.25, 0.3) is 5.78 Å². The van der Waals surface area contributed by atoms with Crippen molar-refractivity contribution < 1.29 is 14.3 Å². The molecular formula is C18H18N4O3. The molecule has 0 spiro atoms. The Labute approximate surface area is 144 Å². The zero-order valence-corrected chi connectivity index (χ0v) is 14.3. The first-order valence-corrected chi connectivity index (χ1v) is 8.07. The number of hydrogen-bond donors (Lipinski definition) is 0. The number of ether oxygens (including phenoxy) is 2. The SMILES string of the molecule is COc1ccc([C@@H]2CC(=O)c3cn4nc(C)nc4nc3C2)cc1OC. The normalized spacial score (nSPS) is 16.8. The van der Waals surface area contributed by atoms with E-state index in [2.05, 4.69) is 15.1 Å². The Balaban J connectivity index is 1.73. The van der Waals surface area contributed by atoms with E-state index < -0.39 is 0 Å². The predicted molar refractivity (Wildman–Crippen MR) is 90.5 cm³/mol. The van der Waals surface area contributed by atoms with Crippen molar-refractivity contribution in [2.45, 2.75) is 25.7 Å². The second-order valence-corrected chi connectivity index (χ2v) is 6.15. The lowest BCUT2D eigenvalue weighted by molar-refractivity contribution is 0.0962. The van der Waals surface area contributed by atoms with Crippen LogP contribution >= 0.6 is 0 Å². The van der Waals surface area contributed by atoms with Crippen molar-refractivity contribution in [3.05, 3.63) is 47.0 Å². The average Bonchev–Trinajstić information content (AvgIpc) is 2.98. The number of rotatable bonds is 3. The molecule has 0 unspecified atom stereocenters. The van der Waals surface area contributed by atoms with Gasteiger partial charge in [-0.2, -0.15) is 10.1 Å². The number of aryl methyl sites for hydroxylation is 1. The minimum Gasteiger partial charge on any atom is -0.493 e. The smallest absolute Gasteiger partial charge is 0.252 e. The molecule has 1 aliphatic rings. The largest absolute Gasteiger partial charge is 0.493 e. The van der Waals surface area contributed by atoms with Crippen LogP contribution in [0.3, 0.4) is 0 Å². The highest BCUT2D eigenvalue weighted by atomic mass is 16.5. The summed E-state index contributed by atoms with van der Waals surface area (Å²) >= 11 is 0. The van der Waals surface area contributed by atoms with Crippen LogP contribution in [0.15, 0.2) is 24.4 Å². The molecule has 0 aliphatic heterocycles. The van der Waals surface area contributed by atoms with Crippen molar-refractivity contribution in [2.75, 3.05) is 14.2 Å². The first-order valence-electron chi connectivity index (χ1n) is 8.07. The summed E-state index contributed by atoms with van der Waals surface area (Å²) in [7, 11) is 3.21. The van der Waals surface area contributed by atoms with Gasteiger partial charge in [-0.3, -0.25) is 4.79 Å². The van der Waals surface area contributed by atoms with Gasteiger partial charge < -0.3 is 9.47 Å². The lowest BCUT2D eigenvalue weighted by Crippen LogP contribution is -2.21. The Hall–Kier alpha value is -2.96. The Morgan fingerprint density at radius 1 is 1.12 bits per heavy atom. The molecule has 3 aromatic rings. The Kier molecular flexibility index (Phi) is 3.63. The number of ketones is 1. The molecule has 25 heavy (non-hydrogen) atoms. The van der Waals surface area contributed by atoms with Gasteiger partial charge in [-0.05, 0) is 37.0 Å². The highest BCUT2D eigenvalue weighted by molar-refractivity contribution is 5.98. The van der Waals surface area contributed by atoms with Gasteiger partial charge in [0.15, 0.2) is 17.3 Å². The van der Waals surface area contributed by atoms with E-state index in [1.54, 1.807) is 24.9 Å². The van der Waals surface area contributed by atoms with Crippen molar-refractivity contribution in [1.29, 1.82) is 0 Å². The van der Waals surface area contributed by atoms with E-state index in [9.17, 15) is 4.79 Å². The number of hydrogen-bond acceptors (Lipinski definition) is 6. The molecule has 7 nitrogen and oxygen atoms in total. The predicted octanol–water partition coefficient (Wildman–Crippen LogP) is 2.36. The van der Waals surface area contributed by atoms with Gasteiger partial charge in [0.2, 0.25) is 0 Å². The summed E-state index contributed by atoms with van der Waals surface area (Å²) in [5.41, 5.74) is 2.45. The molecule has 0 fully saturated rings. The molecule has 7 heteroatoms. The molecule has 4 rings (SSSR count). The number of benzene rings is 1. The van der Waals surface area contributed by atoms with Crippen LogP contribution in [-0.2, 0) is 6.42 Å². The van der Waals surface area contributed by atoms with E-state index >= 15 is 0 Å². The molecule has 0 amide bonds. The zero-order valence-electron chi connectivity index (χ0n) is 14.3. The van der Waals surface area contributed by atoms with E-state index in [-0.39, 0.29) is 11.7 Å². The molecule has 2 aromatic heterocycles. The number of Topliss-reactive ketones (excluding diaryl/α,β-unsaturated/α-hetero) is 1. The van der Waals surface area contributed by atoms with E-state index in [1.165, 1.54) is 0 Å². The summed E-state index contributed by atoms with van der Waals surface area (Å²) < 4.78 is 12.2. The van der Waals surface area contributed by atoms with Crippen molar-refractivity contribution in [3.63, 3.8) is 0 Å². The Bertz CT molecular complexity index is 980. The lowest BCUT2D eigenvalue weighted by atomic mass is 9.82. The number of methoxy groups -OCH3 is 2. The number of carbonyl (C=O) groups excluding carboxylic acids is 1. The van der Waals surface area contributed by atoms with Gasteiger partial charge in [0.05, 0.1) is 25.5 Å². The number of nitrogens with zero attached hydrogens (tertiary/aromatic N) is 4. The lowest BCUT2D eigenvalue weighted by Gasteiger charge is -2.23. The summed E-state index contributed by atoms with van der Waals surface area (Å²) in [5.74, 6) is 2.63. The number of carbonyl (C=O) groups is 1. The van der Waals surface area contributed by atoms with E-state index in [0.29, 0.717) is 41.5 Å². The van der Waals surface area contributed by atoms with Gasteiger partial charge in [0.1, 0.15) is 5.82 Å². The third-order valence-electron chi connectivity index (χ3n) is 4.57. The van der Waals surface area contributed by atoms with Gasteiger partial charge in [0.25, 0.3) is 5.78 Å². The van der Waals surface area contributed by atoms with Crippen LogP contribution in [0.1, 0.15) is 39.8 Å². The van der Waals surface area contributed by atoms with Crippen LogP contribution in [0.4, 0.5) is 0 Å². The quantitative estimate of drug-likeness (QED) is 0.729. The highest BCUT2D eigenvalue weighted by Gasteiger charge is 2.29. The molecule has 1 aromatic carbocycles. The maximum absolute atomic E-state index is 12.6. The summed E-state index contributed by atoms with van der Waals surface area (Å²) in [4.78, 5) is 21.5. The number of aromatic nitrogens is 4. The van der Waals surface area contributed by atoms with Crippen molar-refractivity contribution in [2.24, 2.45) is 0 Å². The van der Waals surface area contributed by atoms with Gasteiger partial charge in [-0.25, -0.2) is 9.50 Å². The van der Waals surface area contributed by atoms with E-state index in [1.807, 2.05) is 25.1 Å². The standard InChI is InChI=1S/C18H18N4O3/c1-10-19-18-20-14-6-12(7-15(23)13(14)9-22(18)21-10)11-4-5-16(24-2)17(8-11)25-3/h4-5,8-9,12H,6-7H2,1-3H3/t12-/m0/s1. The monoisotopic (exact) mass is 338 g/mol. The fourth-order valence-electron chi connectivity index (χ4n) is 3.33. The molecule has 0 saturated heterocycles. The second kappa shape index (κ2) is 5.84. The average molecular weight is 338 g/mol. The number of fused-ring (bicyclic) bond motifs is 2. The van der Waals surface area contributed by atoms with Gasteiger partial charge in [0, 0.05) is 12.6 Å². The molecule has 0 N–H and O–H groups in total. The Morgan fingerprint density at radius 2 is 1.92 bits per heavy atom. The first kappa shape index (κ1) is 15.6. The first-order chi connectivity index (χ1) is 12.1. The second-order valence-electron chi connectivity index (χ2n) is 6.15. The van der Waals surface area contributed by atoms with E-state index in [0.717, 1.165) is 11.3 Å². The summed E-state index contributed by atoms with van der Waals surface area (Å²) in [6.07, 6.45) is 2.85. The third-order valence-corrected chi connectivity index (χ3v) is 4.57. The maximum Gasteiger partial charge on any atom is 0.252 e. The van der Waals surface area contributed by atoms with Gasteiger partial charge >= 0.3 is 0 Å². The molecule has 0 radical (unpaired) electrons. The van der Waals surface area contributed by atoms with Crippen LogP contribution in [0, 0.1) is 6.92 Å². The Morgan fingerprint density at radius 3 is 2.68 bits per heavy atom. The molecule has 128 valence electrons. The van der Waals surface area contributed by atoms with Crippen molar-refractivity contribution in [1.82, 2.24) is 19.6 Å². The fourth-order valence-corrected chi connectivity index (χ4v) is 3.33. The van der Waals surface area contributed by atoms with Crippen LogP contribution in [0.2, 0.25) is 0 Å². The molecule has 1 atom stereocenters. The summed E-state index contributed by atoms with van der Waals surface area (Å²) in [6.45, 7) is 1.81. The van der Waals surface area contributed by atoms with Crippen LogP contribution in [-0.4, -0.2) is 39.6 Å². The molecule has 0 bridgehead atoms. The highest BCUT2D eigenvalue weighted by Crippen LogP contribution is 2.36. The van der Waals surface area contributed by atoms with Crippen LogP contribution < -0.4 is 9.47 Å². The molecule has 2 heterocycles. The van der Waals surface area contributed by atoms with E-state index in [4.69, 9.17) is 9.47 Å². The molecule has 0 saturated carbocycles. The van der Waals surface area contributed by atoms with Crippen LogP contribution in [0.5, 0.6) is 11.5 Å². The van der Waals surface area contributed by atoms with Crippen molar-refractivity contribution in [3.8, 4) is 11.5 Å².